The summed E-state index contributed by atoms with van der Waals surface area (Å²) in [4.78, 5) is 15.8. The Morgan fingerprint density at radius 2 is 1.75 bits per heavy atom. The van der Waals surface area contributed by atoms with Crippen molar-refractivity contribution in [3.63, 3.8) is 0 Å². The highest BCUT2D eigenvalue weighted by molar-refractivity contribution is 5.83. The number of hydrogen-bond donors (Lipinski definition) is 1. The summed E-state index contributed by atoms with van der Waals surface area (Å²) in [7, 11) is 0. The first-order valence-corrected chi connectivity index (χ1v) is 11.4. The fraction of sp³-hybridized carbons (Fsp3) is 0.708. The molecule has 154 valence electrons. The van der Waals surface area contributed by atoms with Crippen molar-refractivity contribution in [1.82, 2.24) is 10.2 Å². The normalized spacial score (nSPS) is 25.8. The Labute approximate surface area is 169 Å². The molecule has 1 aromatic carbocycles. The molecule has 1 saturated heterocycles. The number of nitrogens with one attached hydrogen (secondary N) is 1. The van der Waals surface area contributed by atoms with E-state index in [4.69, 9.17) is 0 Å². The molecule has 1 heterocycles. The van der Waals surface area contributed by atoms with Gasteiger partial charge in [0, 0.05) is 25.7 Å². The monoisotopic (exact) mass is 386 g/mol. The number of likely N-dealkylation sites (tertiary alicyclic amines) is 1. The van der Waals surface area contributed by atoms with Crippen LogP contribution in [0, 0.1) is 17.2 Å². The van der Waals surface area contributed by atoms with Crippen LogP contribution in [0.25, 0.3) is 0 Å². The van der Waals surface area contributed by atoms with Gasteiger partial charge in [-0.3, -0.25) is 4.79 Å². The van der Waals surface area contributed by atoms with Crippen LogP contribution in [0.1, 0.15) is 69.8 Å². The van der Waals surface area contributed by atoms with E-state index in [0.717, 1.165) is 45.3 Å². The molecule has 1 aromatic rings. The van der Waals surface area contributed by atoms with E-state index >= 15 is 0 Å². The molecule has 0 radical (unpaired) electrons. The zero-order chi connectivity index (χ0) is 19.4. The molecule has 3 aliphatic rings. The summed E-state index contributed by atoms with van der Waals surface area (Å²) in [5, 5.41) is 3.46. The largest absolute Gasteiger partial charge is 0.352 e. The van der Waals surface area contributed by atoms with Crippen molar-refractivity contribution in [2.75, 3.05) is 19.6 Å². The summed E-state index contributed by atoms with van der Waals surface area (Å²) in [5.41, 5.74) is 1.11. The maximum Gasteiger partial charge on any atom is 0.226 e. The molecule has 2 aliphatic carbocycles. The van der Waals surface area contributed by atoms with E-state index in [1.807, 2.05) is 12.1 Å². The molecule has 3 nitrogen and oxygen atoms in total. The first kappa shape index (κ1) is 19.9. The first-order valence-electron chi connectivity index (χ1n) is 11.4. The molecule has 1 aliphatic heterocycles. The molecule has 1 amide bonds. The van der Waals surface area contributed by atoms with E-state index in [1.165, 1.54) is 62.6 Å². The Bertz CT molecular complexity index is 647. The van der Waals surface area contributed by atoms with Gasteiger partial charge in [0.05, 0.1) is 5.41 Å². The number of carbonyl (C=O) groups is 1. The van der Waals surface area contributed by atoms with Crippen molar-refractivity contribution in [2.24, 2.45) is 11.3 Å². The Morgan fingerprint density at radius 3 is 2.46 bits per heavy atom. The van der Waals surface area contributed by atoms with Gasteiger partial charge < -0.3 is 10.2 Å². The lowest BCUT2D eigenvalue weighted by Gasteiger charge is -2.39. The van der Waals surface area contributed by atoms with Gasteiger partial charge in [-0.2, -0.15) is 0 Å². The molecule has 0 bridgehead atoms. The van der Waals surface area contributed by atoms with Gasteiger partial charge in [0.15, 0.2) is 0 Å². The van der Waals surface area contributed by atoms with Gasteiger partial charge in [-0.05, 0) is 62.1 Å². The molecule has 3 fully saturated rings. The van der Waals surface area contributed by atoms with Gasteiger partial charge in [0.1, 0.15) is 5.82 Å². The van der Waals surface area contributed by atoms with Crippen LogP contribution in [0.2, 0.25) is 0 Å². The fourth-order valence-electron chi connectivity index (χ4n) is 5.90. The number of nitrogens with zero attached hydrogens (tertiary/aromatic N) is 1. The topological polar surface area (TPSA) is 32.3 Å². The summed E-state index contributed by atoms with van der Waals surface area (Å²) in [6.07, 6.45) is 13.1. The highest BCUT2D eigenvalue weighted by Crippen LogP contribution is 2.50. The molecule has 0 spiro atoms. The van der Waals surface area contributed by atoms with Gasteiger partial charge in [-0.25, -0.2) is 4.39 Å². The van der Waals surface area contributed by atoms with Gasteiger partial charge in [-0.1, -0.05) is 44.2 Å². The molecular formula is C24H35FN2O. The highest BCUT2D eigenvalue weighted by Gasteiger charge is 2.47. The fourth-order valence-corrected chi connectivity index (χ4v) is 5.90. The Balaban J connectivity index is 1.29. The second-order valence-corrected chi connectivity index (χ2v) is 9.33. The predicted molar refractivity (Wildman–Crippen MR) is 111 cm³/mol. The lowest BCUT2D eigenvalue weighted by atomic mass is 9.67. The van der Waals surface area contributed by atoms with E-state index in [9.17, 15) is 9.18 Å². The van der Waals surface area contributed by atoms with Gasteiger partial charge in [0.25, 0.3) is 0 Å². The minimum atomic E-state index is -0.175. The molecule has 28 heavy (non-hydrogen) atoms. The molecular weight excluding hydrogens is 351 g/mol. The Hall–Kier alpha value is -1.42. The van der Waals surface area contributed by atoms with Crippen molar-refractivity contribution in [1.29, 1.82) is 0 Å². The number of rotatable bonds is 6. The second-order valence-electron chi connectivity index (χ2n) is 9.33. The number of halogens is 1. The van der Waals surface area contributed by atoms with E-state index in [1.54, 1.807) is 0 Å². The van der Waals surface area contributed by atoms with Crippen molar-refractivity contribution < 1.29 is 9.18 Å². The maximum absolute atomic E-state index is 13.4. The van der Waals surface area contributed by atoms with Crippen molar-refractivity contribution in [3.8, 4) is 0 Å². The average Bonchev–Trinajstić information content (AvgIpc) is 3.39. The van der Waals surface area contributed by atoms with E-state index < -0.39 is 0 Å². The van der Waals surface area contributed by atoms with E-state index in [0.29, 0.717) is 17.9 Å². The van der Waals surface area contributed by atoms with Crippen molar-refractivity contribution in [2.45, 2.75) is 76.7 Å². The summed E-state index contributed by atoms with van der Waals surface area (Å²) in [6, 6.07) is 7.11. The lowest BCUT2D eigenvalue weighted by Crippen LogP contribution is -2.49. The van der Waals surface area contributed by atoms with Gasteiger partial charge in [0.2, 0.25) is 5.91 Å². The van der Waals surface area contributed by atoms with Crippen LogP contribution in [0.3, 0.4) is 0 Å². The maximum atomic E-state index is 13.4. The van der Waals surface area contributed by atoms with Crippen molar-refractivity contribution in [3.05, 3.63) is 35.6 Å². The van der Waals surface area contributed by atoms with Crippen LogP contribution in [-0.2, 0) is 11.2 Å². The third-order valence-electron chi connectivity index (χ3n) is 7.57. The number of benzene rings is 1. The standard InChI is InChI=1S/C24H35FN2O/c25-21-10-8-19(9-11-21)12-16-27-17-13-22(18-27)26-23(28)24(14-4-5-15-24)20-6-2-1-3-7-20/h8-11,20,22H,1-7,12-18H2,(H,26,28)/t22-/m0/s1. The minimum absolute atomic E-state index is 0.0675. The lowest BCUT2D eigenvalue weighted by molar-refractivity contribution is -0.135. The Morgan fingerprint density at radius 1 is 1.04 bits per heavy atom. The van der Waals surface area contributed by atoms with Crippen LogP contribution < -0.4 is 5.32 Å². The highest BCUT2D eigenvalue weighted by atomic mass is 19.1. The van der Waals surface area contributed by atoms with Gasteiger partial charge in [-0.15, -0.1) is 0 Å². The molecule has 2 saturated carbocycles. The minimum Gasteiger partial charge on any atom is -0.352 e. The first-order chi connectivity index (χ1) is 13.7. The molecule has 1 N–H and O–H groups in total. The summed E-state index contributed by atoms with van der Waals surface area (Å²) < 4.78 is 13.0. The van der Waals surface area contributed by atoms with Crippen LogP contribution in [0.4, 0.5) is 4.39 Å². The van der Waals surface area contributed by atoms with Crippen LogP contribution >= 0.6 is 0 Å². The number of amides is 1. The molecule has 4 heteroatoms. The molecule has 1 atom stereocenters. The van der Waals surface area contributed by atoms with Crippen molar-refractivity contribution >= 4 is 5.91 Å². The van der Waals surface area contributed by atoms with Crippen LogP contribution in [-0.4, -0.2) is 36.5 Å². The third kappa shape index (κ3) is 4.42. The van der Waals surface area contributed by atoms with Crippen LogP contribution in [0.5, 0.6) is 0 Å². The number of carbonyl (C=O) groups excluding carboxylic acids is 1. The van der Waals surface area contributed by atoms with Crippen LogP contribution in [0.15, 0.2) is 24.3 Å². The third-order valence-corrected chi connectivity index (χ3v) is 7.57. The zero-order valence-corrected chi connectivity index (χ0v) is 17.1. The quantitative estimate of drug-likeness (QED) is 0.769. The summed E-state index contributed by atoms with van der Waals surface area (Å²) in [6.45, 7) is 2.97. The molecule has 4 rings (SSSR count). The molecule has 0 unspecified atom stereocenters. The number of hydrogen-bond acceptors (Lipinski definition) is 2. The van der Waals surface area contributed by atoms with Gasteiger partial charge >= 0.3 is 0 Å². The predicted octanol–water partition coefficient (Wildman–Crippen LogP) is 4.70. The molecule has 0 aromatic heterocycles. The second kappa shape index (κ2) is 8.94. The Kier molecular flexibility index (Phi) is 6.35. The smallest absolute Gasteiger partial charge is 0.226 e. The SMILES string of the molecule is O=C(N[C@H]1CCN(CCc2ccc(F)cc2)C1)C1(C2CCCCC2)CCCC1. The zero-order valence-electron chi connectivity index (χ0n) is 17.1. The van der Waals surface area contributed by atoms with E-state index in [2.05, 4.69) is 10.2 Å². The van der Waals surface area contributed by atoms with E-state index in [-0.39, 0.29) is 11.2 Å². The summed E-state index contributed by atoms with van der Waals surface area (Å²) in [5.74, 6) is 0.800. The summed E-state index contributed by atoms with van der Waals surface area (Å²) >= 11 is 0. The average molecular weight is 387 g/mol.